The van der Waals surface area contributed by atoms with E-state index in [1.807, 2.05) is 0 Å². The van der Waals surface area contributed by atoms with Gasteiger partial charge in [0.15, 0.2) is 11.6 Å². The van der Waals surface area contributed by atoms with E-state index in [9.17, 15) is 16.7 Å². The van der Waals surface area contributed by atoms with Gasteiger partial charge in [0.2, 0.25) is 0 Å². The van der Waals surface area contributed by atoms with Crippen molar-refractivity contribution in [2.24, 2.45) is 0 Å². The molecular formula is C14H12F2O3S. The number of hydrogen-bond donors (Lipinski definition) is 0. The van der Waals surface area contributed by atoms with Gasteiger partial charge < -0.3 is 4.74 Å². The van der Waals surface area contributed by atoms with E-state index in [2.05, 4.69) is 0 Å². The summed E-state index contributed by atoms with van der Waals surface area (Å²) in [6.07, 6.45) is -0.0374. The van der Waals surface area contributed by atoms with Crippen LogP contribution in [0.15, 0.2) is 48.5 Å². The molecule has 2 rings (SSSR count). The zero-order valence-corrected chi connectivity index (χ0v) is 11.2. The van der Waals surface area contributed by atoms with Crippen LogP contribution in [-0.2, 0) is 16.6 Å². The molecular weight excluding hydrogens is 286 g/mol. The van der Waals surface area contributed by atoms with E-state index in [1.165, 1.54) is 18.2 Å². The molecule has 0 saturated carbocycles. The second-order valence-corrected chi connectivity index (χ2v) is 5.66. The zero-order valence-electron chi connectivity index (χ0n) is 10.4. The van der Waals surface area contributed by atoms with Crippen LogP contribution >= 0.6 is 0 Å². The summed E-state index contributed by atoms with van der Waals surface area (Å²) in [5.41, 5.74) is 0.485. The SMILES string of the molecule is O=S(=O)(F)CCc1ccc(F)c(Oc2ccccc2)c1. The summed E-state index contributed by atoms with van der Waals surface area (Å²) in [6, 6.07) is 12.5. The lowest BCUT2D eigenvalue weighted by molar-refractivity contribution is 0.441. The highest BCUT2D eigenvalue weighted by Crippen LogP contribution is 2.25. The molecule has 2 aromatic carbocycles. The highest BCUT2D eigenvalue weighted by atomic mass is 32.3. The van der Waals surface area contributed by atoms with Gasteiger partial charge in [0.1, 0.15) is 5.75 Å². The van der Waals surface area contributed by atoms with Crippen molar-refractivity contribution >= 4 is 10.2 Å². The van der Waals surface area contributed by atoms with Crippen molar-refractivity contribution < 1.29 is 21.4 Å². The van der Waals surface area contributed by atoms with Crippen LogP contribution in [0, 0.1) is 5.82 Å². The van der Waals surface area contributed by atoms with Gasteiger partial charge >= 0.3 is 10.2 Å². The normalized spacial score (nSPS) is 11.3. The molecule has 0 aliphatic heterocycles. The first-order chi connectivity index (χ1) is 9.44. The molecule has 0 radical (unpaired) electrons. The number of ether oxygens (including phenoxy) is 1. The fraction of sp³-hybridized carbons (Fsp3) is 0.143. The molecule has 0 aromatic heterocycles. The van der Waals surface area contributed by atoms with Crippen molar-refractivity contribution in [2.45, 2.75) is 6.42 Å². The Morgan fingerprint density at radius 1 is 1.05 bits per heavy atom. The number of hydrogen-bond acceptors (Lipinski definition) is 3. The molecule has 106 valence electrons. The van der Waals surface area contributed by atoms with E-state index < -0.39 is 21.8 Å². The van der Waals surface area contributed by atoms with Crippen molar-refractivity contribution in [1.29, 1.82) is 0 Å². The first-order valence-electron chi connectivity index (χ1n) is 5.88. The summed E-state index contributed by atoms with van der Waals surface area (Å²) in [5.74, 6) is -0.768. The van der Waals surface area contributed by atoms with Crippen LogP contribution in [0.4, 0.5) is 8.28 Å². The second-order valence-electron chi connectivity index (χ2n) is 4.17. The number of aryl methyl sites for hydroxylation is 1. The summed E-state index contributed by atoms with van der Waals surface area (Å²) < 4.78 is 52.4. The molecule has 0 N–H and O–H groups in total. The average Bonchev–Trinajstić information content (AvgIpc) is 2.40. The topological polar surface area (TPSA) is 43.4 Å². The number of rotatable bonds is 5. The highest BCUT2D eigenvalue weighted by Gasteiger charge is 2.10. The third-order valence-electron chi connectivity index (χ3n) is 2.60. The molecule has 0 atom stereocenters. The van der Waals surface area contributed by atoms with E-state index >= 15 is 0 Å². The summed E-state index contributed by atoms with van der Waals surface area (Å²) in [5, 5.41) is 0. The maximum atomic E-state index is 13.6. The molecule has 20 heavy (non-hydrogen) atoms. The third-order valence-corrected chi connectivity index (χ3v) is 3.29. The minimum Gasteiger partial charge on any atom is -0.454 e. The molecule has 6 heteroatoms. The number of halogens is 2. The van der Waals surface area contributed by atoms with E-state index in [4.69, 9.17) is 4.74 Å². The molecule has 0 fully saturated rings. The van der Waals surface area contributed by atoms with Crippen molar-refractivity contribution in [3.05, 3.63) is 59.9 Å². The molecule has 0 unspecified atom stereocenters. The van der Waals surface area contributed by atoms with E-state index in [1.54, 1.807) is 30.3 Å². The summed E-state index contributed by atoms with van der Waals surface area (Å²) >= 11 is 0. The van der Waals surface area contributed by atoms with Crippen molar-refractivity contribution in [1.82, 2.24) is 0 Å². The lowest BCUT2D eigenvalue weighted by Crippen LogP contribution is -2.02. The van der Waals surface area contributed by atoms with Crippen LogP contribution in [-0.4, -0.2) is 14.2 Å². The summed E-state index contributed by atoms with van der Waals surface area (Å²) in [4.78, 5) is 0. The summed E-state index contributed by atoms with van der Waals surface area (Å²) in [6.45, 7) is 0. The smallest absolute Gasteiger partial charge is 0.302 e. The second kappa shape index (κ2) is 6.00. The summed E-state index contributed by atoms with van der Waals surface area (Å²) in [7, 11) is -4.54. The van der Waals surface area contributed by atoms with Crippen LogP contribution in [0.25, 0.3) is 0 Å². The van der Waals surface area contributed by atoms with Gasteiger partial charge in [0, 0.05) is 0 Å². The van der Waals surface area contributed by atoms with Gasteiger partial charge in [0.05, 0.1) is 5.75 Å². The van der Waals surface area contributed by atoms with Crippen molar-refractivity contribution in [3.8, 4) is 11.5 Å². The van der Waals surface area contributed by atoms with Crippen LogP contribution in [0.5, 0.6) is 11.5 Å². The Balaban J connectivity index is 2.17. The first kappa shape index (κ1) is 14.5. The van der Waals surface area contributed by atoms with E-state index in [0.717, 1.165) is 0 Å². The average molecular weight is 298 g/mol. The van der Waals surface area contributed by atoms with Gasteiger partial charge in [-0.15, -0.1) is 3.89 Å². The lowest BCUT2D eigenvalue weighted by atomic mass is 10.1. The maximum absolute atomic E-state index is 13.6. The minimum atomic E-state index is -4.54. The Labute approximate surface area is 116 Å². The van der Waals surface area contributed by atoms with Gasteiger partial charge in [-0.1, -0.05) is 24.3 Å². The molecule has 0 heterocycles. The Morgan fingerprint density at radius 2 is 1.75 bits per heavy atom. The Bertz CT molecular complexity index is 685. The maximum Gasteiger partial charge on any atom is 0.302 e. The molecule has 0 saturated heterocycles. The highest BCUT2D eigenvalue weighted by molar-refractivity contribution is 7.86. The van der Waals surface area contributed by atoms with E-state index in [0.29, 0.717) is 11.3 Å². The predicted octanol–water partition coefficient (Wildman–Crippen LogP) is 3.46. The first-order valence-corrected chi connectivity index (χ1v) is 7.43. The third kappa shape index (κ3) is 4.31. The minimum absolute atomic E-state index is 0.0232. The molecule has 3 nitrogen and oxygen atoms in total. The predicted molar refractivity (Wildman–Crippen MR) is 71.5 cm³/mol. The lowest BCUT2D eigenvalue weighted by Gasteiger charge is -2.08. The van der Waals surface area contributed by atoms with Gasteiger partial charge in [-0.3, -0.25) is 0 Å². The Kier molecular flexibility index (Phi) is 4.34. The van der Waals surface area contributed by atoms with Crippen LogP contribution in [0.3, 0.4) is 0 Å². The van der Waals surface area contributed by atoms with Crippen LogP contribution in [0.2, 0.25) is 0 Å². The molecule has 0 spiro atoms. The van der Waals surface area contributed by atoms with Crippen LogP contribution < -0.4 is 4.74 Å². The van der Waals surface area contributed by atoms with Crippen molar-refractivity contribution in [3.63, 3.8) is 0 Å². The standard InChI is InChI=1S/C14H12F2O3S/c15-13-7-6-11(8-9-20(16,17)18)10-14(13)19-12-4-2-1-3-5-12/h1-7,10H,8-9H2. The Morgan fingerprint density at radius 3 is 2.40 bits per heavy atom. The Hall–Kier alpha value is -1.95. The largest absolute Gasteiger partial charge is 0.454 e. The van der Waals surface area contributed by atoms with Gasteiger partial charge in [0.25, 0.3) is 0 Å². The van der Waals surface area contributed by atoms with E-state index in [-0.39, 0.29) is 12.2 Å². The molecule has 0 amide bonds. The number of benzene rings is 2. The van der Waals surface area contributed by atoms with Crippen molar-refractivity contribution in [2.75, 3.05) is 5.75 Å². The zero-order chi connectivity index (χ0) is 14.6. The van der Waals surface area contributed by atoms with Gasteiger partial charge in [-0.25, -0.2) is 4.39 Å². The molecule has 0 aliphatic carbocycles. The molecule has 0 bridgehead atoms. The number of para-hydroxylation sites is 1. The molecule has 2 aromatic rings. The van der Waals surface area contributed by atoms with Crippen LogP contribution in [0.1, 0.15) is 5.56 Å². The fourth-order valence-electron chi connectivity index (χ4n) is 1.64. The molecule has 0 aliphatic rings. The monoisotopic (exact) mass is 298 g/mol. The van der Waals surface area contributed by atoms with Gasteiger partial charge in [-0.05, 0) is 36.2 Å². The van der Waals surface area contributed by atoms with Gasteiger partial charge in [-0.2, -0.15) is 8.42 Å². The fourth-order valence-corrected chi connectivity index (χ4v) is 2.12. The quantitative estimate of drug-likeness (QED) is 0.794.